The summed E-state index contributed by atoms with van der Waals surface area (Å²) < 4.78 is 15.8. The summed E-state index contributed by atoms with van der Waals surface area (Å²) in [5.74, 6) is 2.41. The van der Waals surface area contributed by atoms with Crippen LogP contribution in [0.1, 0.15) is 71.8 Å². The number of hydrogen-bond acceptors (Lipinski definition) is 9. The van der Waals surface area contributed by atoms with Gasteiger partial charge < -0.3 is 24.0 Å². The Hall–Kier alpha value is -3.67. The molecule has 12 nitrogen and oxygen atoms in total. The number of nitrogens with two attached hydrogens (primary N) is 1. The van der Waals surface area contributed by atoms with Crippen LogP contribution in [0.25, 0.3) is 0 Å². The molecule has 12 heteroatoms. The summed E-state index contributed by atoms with van der Waals surface area (Å²) in [5.41, 5.74) is 0.109. The van der Waals surface area contributed by atoms with Gasteiger partial charge in [0.15, 0.2) is 5.92 Å². The Labute approximate surface area is 260 Å². The van der Waals surface area contributed by atoms with Gasteiger partial charge in [0.1, 0.15) is 12.2 Å². The summed E-state index contributed by atoms with van der Waals surface area (Å²) in [5, 5.41) is 0.878. The Balaban J connectivity index is 1.44. The van der Waals surface area contributed by atoms with E-state index in [1.165, 1.54) is 0 Å². The minimum absolute atomic E-state index is 0.0195. The molecule has 2 N–H and O–H groups in total. The Morgan fingerprint density at radius 1 is 0.955 bits per heavy atom. The smallest absolute Gasteiger partial charge is 0.410 e. The number of nitrogens with zero attached hydrogens (tertiary/aromatic N) is 3. The SMILES string of the molecule is CCOC(=O)[C@H](CN(N)C(=O)[C@@H]1CCCN(C(=O)CCC2CCN(C(=O)OCc3ccccc3)CC2)C1)C(=O)OC(C)(C)C. The number of hydrogen-bond donors (Lipinski definition) is 1. The van der Waals surface area contributed by atoms with Gasteiger partial charge in [-0.1, -0.05) is 30.3 Å². The van der Waals surface area contributed by atoms with Crippen molar-refractivity contribution in [1.82, 2.24) is 14.8 Å². The van der Waals surface area contributed by atoms with Gasteiger partial charge in [0, 0.05) is 32.6 Å². The van der Waals surface area contributed by atoms with Gasteiger partial charge in [0.25, 0.3) is 0 Å². The number of benzene rings is 1. The zero-order valence-corrected chi connectivity index (χ0v) is 26.5. The molecule has 0 bridgehead atoms. The van der Waals surface area contributed by atoms with E-state index >= 15 is 0 Å². The minimum atomic E-state index is -1.37. The highest BCUT2D eigenvalue weighted by Gasteiger charge is 2.37. The van der Waals surface area contributed by atoms with Crippen LogP contribution in [0.2, 0.25) is 0 Å². The molecule has 3 rings (SSSR count). The van der Waals surface area contributed by atoms with Crippen molar-refractivity contribution >= 4 is 29.8 Å². The van der Waals surface area contributed by atoms with Gasteiger partial charge in [-0.05, 0) is 71.3 Å². The average molecular weight is 617 g/mol. The zero-order valence-electron chi connectivity index (χ0n) is 26.5. The lowest BCUT2D eigenvalue weighted by molar-refractivity contribution is -0.170. The standard InChI is InChI=1S/C32H48N4O8/c1-5-42-29(39)26(30(40)44-32(2,3)4)21-36(33)28(38)25-12-9-17-35(20-25)27(37)14-13-23-15-18-34(19-16-23)31(41)43-22-24-10-7-6-8-11-24/h6-8,10-11,23,25-26H,5,9,12-22,33H2,1-4H3/t25-,26+/m1/s1. The van der Waals surface area contributed by atoms with Crippen molar-refractivity contribution in [2.75, 3.05) is 39.3 Å². The Bertz CT molecular complexity index is 1130. The van der Waals surface area contributed by atoms with Crippen LogP contribution in [-0.4, -0.2) is 89.6 Å². The molecular formula is C32H48N4O8. The molecule has 244 valence electrons. The molecule has 2 heterocycles. The summed E-state index contributed by atoms with van der Waals surface area (Å²) >= 11 is 0. The van der Waals surface area contributed by atoms with Crippen LogP contribution in [-0.2, 0) is 40.0 Å². The molecule has 2 aliphatic rings. The lowest BCUT2D eigenvalue weighted by Gasteiger charge is -2.35. The second-order valence-corrected chi connectivity index (χ2v) is 12.5. The minimum Gasteiger partial charge on any atom is -0.465 e. The molecular weight excluding hydrogens is 568 g/mol. The van der Waals surface area contributed by atoms with Crippen molar-refractivity contribution < 1.29 is 38.2 Å². The van der Waals surface area contributed by atoms with E-state index in [1.807, 2.05) is 30.3 Å². The molecule has 0 aromatic heterocycles. The highest BCUT2D eigenvalue weighted by atomic mass is 16.6. The maximum absolute atomic E-state index is 13.2. The number of piperidine rings is 2. The van der Waals surface area contributed by atoms with Gasteiger partial charge in [-0.3, -0.25) is 24.2 Å². The van der Waals surface area contributed by atoms with E-state index in [2.05, 4.69) is 0 Å². The van der Waals surface area contributed by atoms with Crippen LogP contribution < -0.4 is 5.84 Å². The largest absolute Gasteiger partial charge is 0.465 e. The van der Waals surface area contributed by atoms with E-state index in [0.29, 0.717) is 51.2 Å². The lowest BCUT2D eigenvalue weighted by atomic mass is 9.91. The molecule has 2 fully saturated rings. The predicted octanol–water partition coefficient (Wildman–Crippen LogP) is 3.28. The zero-order chi connectivity index (χ0) is 32.3. The van der Waals surface area contributed by atoms with Gasteiger partial charge in [-0.25, -0.2) is 10.6 Å². The van der Waals surface area contributed by atoms with Crippen LogP contribution in [0, 0.1) is 17.8 Å². The van der Waals surface area contributed by atoms with E-state index in [1.54, 1.807) is 37.5 Å². The molecule has 1 aromatic carbocycles. The number of carbonyl (C=O) groups is 5. The summed E-state index contributed by atoms with van der Waals surface area (Å²) in [6.45, 7) is 8.56. The van der Waals surface area contributed by atoms with E-state index in [-0.39, 0.29) is 38.3 Å². The van der Waals surface area contributed by atoms with Crippen LogP contribution in [0.5, 0.6) is 0 Å². The summed E-state index contributed by atoms with van der Waals surface area (Å²) in [6, 6.07) is 9.55. The van der Waals surface area contributed by atoms with E-state index in [4.69, 9.17) is 20.1 Å². The maximum Gasteiger partial charge on any atom is 0.410 e. The summed E-state index contributed by atoms with van der Waals surface area (Å²) in [4.78, 5) is 67.4. The molecule has 0 unspecified atom stereocenters. The van der Waals surface area contributed by atoms with Crippen molar-refractivity contribution in [1.29, 1.82) is 0 Å². The van der Waals surface area contributed by atoms with Gasteiger partial charge >= 0.3 is 18.0 Å². The second kappa shape index (κ2) is 16.4. The Morgan fingerprint density at radius 3 is 2.27 bits per heavy atom. The van der Waals surface area contributed by atoms with Crippen LogP contribution in [0.4, 0.5) is 4.79 Å². The first-order chi connectivity index (χ1) is 20.9. The van der Waals surface area contributed by atoms with Crippen molar-refractivity contribution in [3.05, 3.63) is 35.9 Å². The topological polar surface area (TPSA) is 149 Å². The fourth-order valence-electron chi connectivity index (χ4n) is 5.49. The third kappa shape index (κ3) is 10.8. The quantitative estimate of drug-likeness (QED) is 0.0987. The molecule has 0 radical (unpaired) electrons. The van der Waals surface area contributed by atoms with Gasteiger partial charge in [-0.15, -0.1) is 0 Å². The maximum atomic E-state index is 13.2. The molecule has 2 aliphatic heterocycles. The van der Waals surface area contributed by atoms with E-state index in [0.717, 1.165) is 23.4 Å². The van der Waals surface area contributed by atoms with Crippen molar-refractivity contribution in [2.45, 2.75) is 78.4 Å². The van der Waals surface area contributed by atoms with E-state index in [9.17, 15) is 24.0 Å². The molecule has 1 aromatic rings. The van der Waals surface area contributed by atoms with Gasteiger partial charge in [0.2, 0.25) is 11.8 Å². The fraction of sp³-hybridized carbons (Fsp3) is 0.656. The number of ether oxygens (including phenoxy) is 3. The first-order valence-corrected chi connectivity index (χ1v) is 15.6. The van der Waals surface area contributed by atoms with Gasteiger partial charge in [0.05, 0.1) is 19.1 Å². The predicted molar refractivity (Wildman–Crippen MR) is 161 cm³/mol. The van der Waals surface area contributed by atoms with E-state index < -0.39 is 35.3 Å². The molecule has 2 saturated heterocycles. The van der Waals surface area contributed by atoms with Crippen LogP contribution >= 0.6 is 0 Å². The first kappa shape index (κ1) is 34.8. The lowest BCUT2D eigenvalue weighted by Crippen LogP contribution is -2.52. The number of rotatable bonds is 11. The molecule has 3 amide bonds. The summed E-state index contributed by atoms with van der Waals surface area (Å²) in [7, 11) is 0. The van der Waals surface area contributed by atoms with Crippen molar-refractivity contribution in [3.63, 3.8) is 0 Å². The molecule has 0 saturated carbocycles. The summed E-state index contributed by atoms with van der Waals surface area (Å²) in [6.07, 6.45) is 3.55. The monoisotopic (exact) mass is 616 g/mol. The van der Waals surface area contributed by atoms with Crippen molar-refractivity contribution in [3.8, 4) is 0 Å². The fourth-order valence-corrected chi connectivity index (χ4v) is 5.49. The van der Waals surface area contributed by atoms with Gasteiger partial charge in [-0.2, -0.15) is 0 Å². The normalized spacial score (nSPS) is 18.2. The second-order valence-electron chi connectivity index (χ2n) is 12.5. The average Bonchev–Trinajstić information content (AvgIpc) is 3.00. The molecule has 44 heavy (non-hydrogen) atoms. The van der Waals surface area contributed by atoms with Crippen LogP contribution in [0.3, 0.4) is 0 Å². The molecule has 0 aliphatic carbocycles. The molecule has 0 spiro atoms. The highest BCUT2D eigenvalue weighted by molar-refractivity contribution is 5.96. The Kier molecular flexibility index (Phi) is 13.0. The highest BCUT2D eigenvalue weighted by Crippen LogP contribution is 2.25. The third-order valence-electron chi connectivity index (χ3n) is 7.89. The number of likely N-dealkylation sites (tertiary alicyclic amines) is 2. The first-order valence-electron chi connectivity index (χ1n) is 15.6. The number of carbonyl (C=O) groups excluding carboxylic acids is 5. The Morgan fingerprint density at radius 2 is 1.64 bits per heavy atom. The molecule has 2 atom stereocenters. The third-order valence-corrected chi connectivity index (χ3v) is 7.89. The number of amides is 3. The number of hydrazine groups is 1. The van der Waals surface area contributed by atoms with Crippen LogP contribution in [0.15, 0.2) is 30.3 Å². The number of esters is 2. The van der Waals surface area contributed by atoms with Crippen molar-refractivity contribution in [2.24, 2.45) is 23.6 Å².